The fourth-order valence-electron chi connectivity index (χ4n) is 1.81. The Hall–Kier alpha value is -2.77. The number of hydrogen-bond donors (Lipinski definition) is 2. The summed E-state index contributed by atoms with van der Waals surface area (Å²) in [7, 11) is 3.10. The van der Waals surface area contributed by atoms with E-state index in [2.05, 4.69) is 10.4 Å². The van der Waals surface area contributed by atoms with Gasteiger partial charge in [-0.25, -0.2) is 9.48 Å². The van der Waals surface area contributed by atoms with Crippen molar-refractivity contribution >= 4 is 17.3 Å². The van der Waals surface area contributed by atoms with E-state index >= 15 is 0 Å². The van der Waals surface area contributed by atoms with Crippen LogP contribution in [-0.2, 0) is 18.4 Å². The molecular weight excluding hydrogens is 274 g/mol. The standard InChI is InChI=1S/C13H17N5O3/c1-17-8-15-18(13(17)20)6-5-12(19)16-10-4-3-9(14)7-11(10)21-2/h3-4,7-8H,5-6,14H2,1-2H3,(H,16,19). The molecule has 0 atom stereocenters. The van der Waals surface area contributed by atoms with Gasteiger partial charge in [-0.05, 0) is 12.1 Å². The van der Waals surface area contributed by atoms with Crippen LogP contribution in [0.1, 0.15) is 6.42 Å². The summed E-state index contributed by atoms with van der Waals surface area (Å²) in [6.45, 7) is 0.211. The number of nitrogens with two attached hydrogens (primary N) is 1. The van der Waals surface area contributed by atoms with Gasteiger partial charge in [0, 0.05) is 25.2 Å². The fraction of sp³-hybridized carbons (Fsp3) is 0.308. The minimum Gasteiger partial charge on any atom is -0.494 e. The topological polar surface area (TPSA) is 104 Å². The van der Waals surface area contributed by atoms with Crippen LogP contribution in [0.15, 0.2) is 29.3 Å². The van der Waals surface area contributed by atoms with E-state index in [1.165, 1.54) is 22.7 Å². The number of methoxy groups -OCH3 is 1. The molecule has 0 spiro atoms. The first-order valence-electron chi connectivity index (χ1n) is 6.33. The molecule has 0 aliphatic carbocycles. The van der Waals surface area contributed by atoms with E-state index in [9.17, 15) is 9.59 Å². The van der Waals surface area contributed by atoms with Crippen LogP contribution in [-0.4, -0.2) is 27.4 Å². The molecule has 0 unspecified atom stereocenters. The molecule has 21 heavy (non-hydrogen) atoms. The number of nitrogens with one attached hydrogen (secondary N) is 1. The molecule has 1 aromatic carbocycles. The summed E-state index contributed by atoms with van der Waals surface area (Å²) in [5.74, 6) is 0.244. The Morgan fingerprint density at radius 1 is 1.48 bits per heavy atom. The number of amides is 1. The van der Waals surface area contributed by atoms with Gasteiger partial charge in [-0.3, -0.25) is 9.36 Å². The van der Waals surface area contributed by atoms with Crippen molar-refractivity contribution in [1.82, 2.24) is 14.3 Å². The summed E-state index contributed by atoms with van der Waals surface area (Å²) < 4.78 is 7.73. The number of carbonyl (C=O) groups is 1. The normalized spacial score (nSPS) is 10.4. The number of nitrogens with zero attached hydrogens (tertiary/aromatic N) is 3. The van der Waals surface area contributed by atoms with Crippen LogP contribution < -0.4 is 21.5 Å². The van der Waals surface area contributed by atoms with Crippen LogP contribution in [0.25, 0.3) is 0 Å². The van der Waals surface area contributed by atoms with Crippen LogP contribution in [0.5, 0.6) is 5.75 Å². The number of anilines is 2. The van der Waals surface area contributed by atoms with E-state index in [0.717, 1.165) is 0 Å². The van der Waals surface area contributed by atoms with Crippen LogP contribution in [0.3, 0.4) is 0 Å². The highest BCUT2D eigenvalue weighted by atomic mass is 16.5. The number of carbonyl (C=O) groups excluding carboxylic acids is 1. The van der Waals surface area contributed by atoms with Crippen LogP contribution >= 0.6 is 0 Å². The monoisotopic (exact) mass is 291 g/mol. The molecule has 3 N–H and O–H groups in total. The van der Waals surface area contributed by atoms with E-state index in [0.29, 0.717) is 17.1 Å². The van der Waals surface area contributed by atoms with Gasteiger partial charge in [-0.2, -0.15) is 5.10 Å². The van der Waals surface area contributed by atoms with Crippen molar-refractivity contribution in [2.75, 3.05) is 18.2 Å². The Morgan fingerprint density at radius 3 is 2.86 bits per heavy atom. The third kappa shape index (κ3) is 3.41. The lowest BCUT2D eigenvalue weighted by Crippen LogP contribution is -2.25. The molecule has 0 saturated heterocycles. The predicted molar refractivity (Wildman–Crippen MR) is 78.1 cm³/mol. The maximum Gasteiger partial charge on any atom is 0.345 e. The first-order valence-corrected chi connectivity index (χ1v) is 6.33. The van der Waals surface area contributed by atoms with Crippen molar-refractivity contribution in [3.63, 3.8) is 0 Å². The molecule has 1 aromatic heterocycles. The molecule has 8 nitrogen and oxygen atoms in total. The SMILES string of the molecule is COc1cc(N)ccc1NC(=O)CCn1ncn(C)c1=O. The molecule has 112 valence electrons. The second kappa shape index (κ2) is 6.12. The maximum absolute atomic E-state index is 11.9. The van der Waals surface area contributed by atoms with Crippen molar-refractivity contribution in [3.05, 3.63) is 35.0 Å². The molecule has 0 radical (unpaired) electrons. The van der Waals surface area contributed by atoms with Crippen LogP contribution in [0, 0.1) is 0 Å². The van der Waals surface area contributed by atoms with Gasteiger partial charge in [-0.1, -0.05) is 0 Å². The molecular formula is C13H17N5O3. The summed E-state index contributed by atoms with van der Waals surface area (Å²) in [4.78, 5) is 23.5. The van der Waals surface area contributed by atoms with Crippen LogP contribution in [0.2, 0.25) is 0 Å². The molecule has 0 saturated carbocycles. The third-order valence-electron chi connectivity index (χ3n) is 2.94. The molecule has 0 fully saturated rings. The van der Waals surface area contributed by atoms with Crippen molar-refractivity contribution in [1.29, 1.82) is 0 Å². The van der Waals surface area contributed by atoms with E-state index in [4.69, 9.17) is 10.5 Å². The molecule has 8 heteroatoms. The minimum absolute atomic E-state index is 0.129. The molecule has 0 aliphatic heterocycles. The lowest BCUT2D eigenvalue weighted by atomic mass is 10.2. The van der Waals surface area contributed by atoms with E-state index in [1.807, 2.05) is 0 Å². The van der Waals surface area contributed by atoms with Crippen molar-refractivity contribution in [2.45, 2.75) is 13.0 Å². The average molecular weight is 291 g/mol. The number of ether oxygens (including phenoxy) is 1. The number of rotatable bonds is 5. The number of aromatic nitrogens is 3. The van der Waals surface area contributed by atoms with E-state index < -0.39 is 0 Å². The Labute approximate surface area is 121 Å². The summed E-state index contributed by atoms with van der Waals surface area (Å²) >= 11 is 0. The highest BCUT2D eigenvalue weighted by Crippen LogP contribution is 2.26. The van der Waals surface area contributed by atoms with Gasteiger partial charge in [-0.15, -0.1) is 0 Å². The minimum atomic E-state index is -0.257. The number of hydrogen-bond acceptors (Lipinski definition) is 5. The summed E-state index contributed by atoms with van der Waals surface area (Å²) in [6, 6.07) is 4.96. The Morgan fingerprint density at radius 2 is 2.24 bits per heavy atom. The second-order valence-electron chi connectivity index (χ2n) is 4.51. The van der Waals surface area contributed by atoms with Gasteiger partial charge in [0.2, 0.25) is 5.91 Å². The highest BCUT2D eigenvalue weighted by Gasteiger charge is 2.09. The van der Waals surface area contributed by atoms with Gasteiger partial charge < -0.3 is 15.8 Å². The highest BCUT2D eigenvalue weighted by molar-refractivity contribution is 5.92. The van der Waals surface area contributed by atoms with Gasteiger partial charge >= 0.3 is 5.69 Å². The average Bonchev–Trinajstić information content (AvgIpc) is 2.78. The smallest absolute Gasteiger partial charge is 0.345 e. The van der Waals surface area contributed by atoms with Gasteiger partial charge in [0.15, 0.2) is 0 Å². The van der Waals surface area contributed by atoms with E-state index in [-0.39, 0.29) is 24.6 Å². The third-order valence-corrected chi connectivity index (χ3v) is 2.94. The van der Waals surface area contributed by atoms with Crippen molar-refractivity contribution < 1.29 is 9.53 Å². The molecule has 1 amide bonds. The molecule has 1 heterocycles. The Kier molecular flexibility index (Phi) is 4.27. The molecule has 0 aliphatic rings. The summed E-state index contributed by atoms with van der Waals surface area (Å²) in [5.41, 5.74) is 6.47. The quantitative estimate of drug-likeness (QED) is 0.766. The largest absolute Gasteiger partial charge is 0.494 e. The lowest BCUT2D eigenvalue weighted by molar-refractivity contribution is -0.116. The van der Waals surface area contributed by atoms with Gasteiger partial charge in [0.05, 0.1) is 19.3 Å². The number of nitrogen functional groups attached to an aromatic ring is 1. The zero-order valence-corrected chi connectivity index (χ0v) is 11.9. The van der Waals surface area contributed by atoms with Crippen molar-refractivity contribution in [3.8, 4) is 5.75 Å². The molecule has 0 bridgehead atoms. The predicted octanol–water partition coefficient (Wildman–Crippen LogP) is 0.201. The zero-order chi connectivity index (χ0) is 15.4. The first kappa shape index (κ1) is 14.6. The Bertz CT molecular complexity index is 704. The number of aryl methyl sites for hydroxylation is 2. The maximum atomic E-state index is 11.9. The lowest BCUT2D eigenvalue weighted by Gasteiger charge is -2.10. The van der Waals surface area contributed by atoms with Crippen molar-refractivity contribution in [2.24, 2.45) is 7.05 Å². The van der Waals surface area contributed by atoms with E-state index in [1.54, 1.807) is 25.2 Å². The second-order valence-corrected chi connectivity index (χ2v) is 4.51. The molecule has 2 rings (SSSR count). The van der Waals surface area contributed by atoms with Gasteiger partial charge in [0.25, 0.3) is 0 Å². The summed E-state index contributed by atoms with van der Waals surface area (Å²) in [6.07, 6.45) is 1.54. The zero-order valence-electron chi connectivity index (χ0n) is 11.9. The van der Waals surface area contributed by atoms with Gasteiger partial charge in [0.1, 0.15) is 12.1 Å². The van der Waals surface area contributed by atoms with Crippen LogP contribution in [0.4, 0.5) is 11.4 Å². The summed E-state index contributed by atoms with van der Waals surface area (Å²) in [5, 5.41) is 6.60. The first-order chi connectivity index (χ1) is 10.0. The Balaban J connectivity index is 1.99. The number of benzene rings is 1. The fourth-order valence-corrected chi connectivity index (χ4v) is 1.81. The molecule has 2 aromatic rings.